The van der Waals surface area contributed by atoms with Crippen molar-refractivity contribution in [3.05, 3.63) is 65.5 Å². The van der Waals surface area contributed by atoms with Crippen molar-refractivity contribution in [2.45, 2.75) is 20.4 Å². The van der Waals surface area contributed by atoms with Crippen LogP contribution in [0.3, 0.4) is 0 Å². The average molecular weight is 415 g/mol. The van der Waals surface area contributed by atoms with E-state index in [1.165, 1.54) is 0 Å². The summed E-state index contributed by atoms with van der Waals surface area (Å²) in [4.78, 5) is 3.70. The number of anilines is 1. The summed E-state index contributed by atoms with van der Waals surface area (Å²) < 4.78 is 14.7. The lowest BCUT2D eigenvalue weighted by atomic mass is 10.1. The van der Waals surface area contributed by atoms with Crippen molar-refractivity contribution in [1.29, 1.82) is 0 Å². The minimum atomic E-state index is -0.207. The Balaban J connectivity index is 1.55. The van der Waals surface area contributed by atoms with Crippen molar-refractivity contribution in [1.82, 2.24) is 10.7 Å². The van der Waals surface area contributed by atoms with E-state index in [2.05, 4.69) is 27.7 Å². The number of nitrogens with one attached hydrogen (secondary N) is 3. The number of piperazine rings is 1. The Morgan fingerprint density at radius 2 is 1.90 bits per heavy atom. The number of benzene rings is 2. The summed E-state index contributed by atoms with van der Waals surface area (Å²) >= 11 is 5.26. The molecule has 1 aliphatic rings. The molecule has 2 aromatic rings. The molecule has 7 heteroatoms. The molecule has 1 fully saturated rings. The number of quaternary nitrogens is 1. The molecule has 0 saturated carbocycles. The molecular weight excluding hydrogens is 385 g/mol. The molecule has 2 aromatic carbocycles. The molecule has 1 heterocycles. The smallest absolute Gasteiger partial charge is 0.187 e. The first-order valence-electron chi connectivity index (χ1n) is 10.1. The molecule has 0 aromatic heterocycles. The fourth-order valence-corrected chi connectivity index (χ4v) is 3.54. The summed E-state index contributed by atoms with van der Waals surface area (Å²) in [6, 6.07) is 15.3. The summed E-state index contributed by atoms with van der Waals surface area (Å²) in [6.45, 7) is 9.65. The summed E-state index contributed by atoms with van der Waals surface area (Å²) in [5.41, 5.74) is 6.06. The molecule has 3 N–H and O–H groups in total. The third kappa shape index (κ3) is 5.98. The molecule has 0 atom stereocenters. The molecule has 0 radical (unpaired) electrons. The lowest BCUT2D eigenvalue weighted by Crippen LogP contribution is -3.14. The Kier molecular flexibility index (Phi) is 7.55. The Hall–Kier alpha value is -2.51. The first-order valence-corrected chi connectivity index (χ1v) is 10.5. The highest BCUT2D eigenvalue weighted by atomic mass is 32.1. The molecule has 0 unspecified atom stereocenters. The number of nitrogens with zero attached hydrogens (tertiary/aromatic N) is 2. The third-order valence-corrected chi connectivity index (χ3v) is 5.53. The van der Waals surface area contributed by atoms with Crippen molar-refractivity contribution in [3.63, 3.8) is 0 Å². The van der Waals surface area contributed by atoms with Gasteiger partial charge in [0.1, 0.15) is 5.82 Å². The predicted octanol–water partition coefficient (Wildman–Crippen LogP) is 1.94. The van der Waals surface area contributed by atoms with Gasteiger partial charge in [0.05, 0.1) is 44.1 Å². The maximum atomic E-state index is 14.7. The lowest BCUT2D eigenvalue weighted by molar-refractivity contribution is -0.898. The minimum Gasteiger partial charge on any atom is -0.358 e. The van der Waals surface area contributed by atoms with Crippen LogP contribution in [0.25, 0.3) is 0 Å². The second-order valence-electron chi connectivity index (χ2n) is 7.23. The first kappa shape index (κ1) is 21.2. The van der Waals surface area contributed by atoms with E-state index >= 15 is 0 Å². The van der Waals surface area contributed by atoms with E-state index < -0.39 is 0 Å². The molecule has 0 spiro atoms. The van der Waals surface area contributed by atoms with Gasteiger partial charge in [-0.1, -0.05) is 36.4 Å². The van der Waals surface area contributed by atoms with Crippen molar-refractivity contribution in [2.24, 2.45) is 5.10 Å². The van der Waals surface area contributed by atoms with Crippen LogP contribution < -0.4 is 20.5 Å². The van der Waals surface area contributed by atoms with Crippen molar-refractivity contribution in [2.75, 3.05) is 37.6 Å². The quantitative estimate of drug-likeness (QED) is 0.384. The topological polar surface area (TPSA) is 44.1 Å². The number of hydrogen-bond donors (Lipinski definition) is 3. The summed E-state index contributed by atoms with van der Waals surface area (Å²) in [5, 5.41) is 7.83. The normalized spacial score (nSPS) is 15.3. The second kappa shape index (κ2) is 10.3. The van der Waals surface area contributed by atoms with Crippen molar-refractivity contribution < 1.29 is 9.29 Å². The summed E-state index contributed by atoms with van der Waals surface area (Å²) in [7, 11) is 0. The predicted molar refractivity (Wildman–Crippen MR) is 121 cm³/mol. The van der Waals surface area contributed by atoms with Crippen LogP contribution in [-0.2, 0) is 6.54 Å². The van der Waals surface area contributed by atoms with Crippen LogP contribution >= 0.6 is 12.2 Å². The van der Waals surface area contributed by atoms with Gasteiger partial charge in [0, 0.05) is 12.1 Å². The number of hydrogen-bond acceptors (Lipinski definition) is 3. The molecule has 3 rings (SSSR count). The van der Waals surface area contributed by atoms with Gasteiger partial charge < -0.3 is 15.1 Å². The Labute approximate surface area is 177 Å². The Morgan fingerprint density at radius 1 is 1.17 bits per heavy atom. The van der Waals surface area contributed by atoms with E-state index in [0.29, 0.717) is 23.1 Å². The zero-order valence-electron chi connectivity index (χ0n) is 17.0. The SMILES string of the molecule is CC[NH+]1CCN(c2ccc(/C(C)=N\NC(=S)NCc3ccccc3)cc2F)CC1. The molecule has 0 amide bonds. The maximum Gasteiger partial charge on any atom is 0.187 e. The molecule has 0 aliphatic carbocycles. The first-order chi connectivity index (χ1) is 14.1. The van der Waals surface area contributed by atoms with E-state index in [9.17, 15) is 4.39 Å². The van der Waals surface area contributed by atoms with Gasteiger partial charge in [-0.05, 0) is 43.8 Å². The maximum absolute atomic E-state index is 14.7. The van der Waals surface area contributed by atoms with Crippen molar-refractivity contribution >= 4 is 28.7 Å². The van der Waals surface area contributed by atoms with Gasteiger partial charge >= 0.3 is 0 Å². The Morgan fingerprint density at radius 3 is 2.55 bits per heavy atom. The highest BCUT2D eigenvalue weighted by molar-refractivity contribution is 7.80. The van der Waals surface area contributed by atoms with E-state index in [1.807, 2.05) is 49.4 Å². The number of hydrazone groups is 1. The van der Waals surface area contributed by atoms with Crippen LogP contribution in [0.15, 0.2) is 53.6 Å². The summed E-state index contributed by atoms with van der Waals surface area (Å²) in [6.07, 6.45) is 0. The zero-order chi connectivity index (χ0) is 20.6. The van der Waals surface area contributed by atoms with E-state index in [-0.39, 0.29) is 5.82 Å². The number of rotatable bonds is 6. The molecular formula is C22H29FN5S+. The molecule has 29 heavy (non-hydrogen) atoms. The zero-order valence-corrected chi connectivity index (χ0v) is 17.9. The van der Waals surface area contributed by atoms with E-state index in [0.717, 1.165) is 43.9 Å². The van der Waals surface area contributed by atoms with Crippen LogP contribution in [0.5, 0.6) is 0 Å². The fourth-order valence-electron chi connectivity index (χ4n) is 3.42. The number of thiocarbonyl (C=S) groups is 1. The van der Waals surface area contributed by atoms with Gasteiger partial charge in [-0.2, -0.15) is 5.10 Å². The second-order valence-corrected chi connectivity index (χ2v) is 7.64. The van der Waals surface area contributed by atoms with Crippen LogP contribution in [-0.4, -0.2) is 43.5 Å². The highest BCUT2D eigenvalue weighted by Crippen LogP contribution is 2.21. The number of likely N-dealkylation sites (N-methyl/N-ethyl adjacent to an activating group) is 1. The standard InChI is InChI=1S/C22H28FN5S/c1-3-27-11-13-28(14-12-27)21-10-9-19(15-20(21)23)17(2)25-26-22(29)24-16-18-7-5-4-6-8-18/h4-10,15H,3,11-14,16H2,1-2H3,(H2,24,26,29)/p+1/b25-17-. The molecule has 0 bridgehead atoms. The fraction of sp³-hybridized carbons (Fsp3) is 0.364. The molecule has 5 nitrogen and oxygen atoms in total. The van der Waals surface area contributed by atoms with Crippen molar-refractivity contribution in [3.8, 4) is 0 Å². The lowest BCUT2D eigenvalue weighted by Gasteiger charge is -2.33. The summed E-state index contributed by atoms with van der Waals surface area (Å²) in [5.74, 6) is -0.207. The molecule has 1 saturated heterocycles. The van der Waals surface area contributed by atoms with E-state index in [4.69, 9.17) is 12.2 Å². The Bertz CT molecular complexity index is 848. The largest absolute Gasteiger partial charge is 0.358 e. The van der Waals surface area contributed by atoms with Gasteiger partial charge in [0.15, 0.2) is 5.11 Å². The monoisotopic (exact) mass is 414 g/mol. The van der Waals surface area contributed by atoms with Gasteiger partial charge in [-0.3, -0.25) is 5.43 Å². The van der Waals surface area contributed by atoms with Gasteiger partial charge in [0.2, 0.25) is 0 Å². The average Bonchev–Trinajstić information content (AvgIpc) is 2.76. The number of halogens is 1. The van der Waals surface area contributed by atoms with Gasteiger partial charge in [-0.25, -0.2) is 4.39 Å². The molecule has 1 aliphatic heterocycles. The minimum absolute atomic E-state index is 0.207. The molecule has 154 valence electrons. The van der Waals surface area contributed by atoms with Crippen LogP contribution in [0, 0.1) is 5.82 Å². The highest BCUT2D eigenvalue weighted by Gasteiger charge is 2.21. The van der Waals surface area contributed by atoms with Gasteiger partial charge in [-0.15, -0.1) is 0 Å². The third-order valence-electron chi connectivity index (χ3n) is 5.30. The van der Waals surface area contributed by atoms with Crippen LogP contribution in [0.4, 0.5) is 10.1 Å². The van der Waals surface area contributed by atoms with Crippen LogP contribution in [0.2, 0.25) is 0 Å². The van der Waals surface area contributed by atoms with E-state index in [1.54, 1.807) is 11.0 Å². The van der Waals surface area contributed by atoms with Crippen LogP contribution in [0.1, 0.15) is 25.0 Å². The van der Waals surface area contributed by atoms with Gasteiger partial charge in [0.25, 0.3) is 0 Å².